The molecule has 1 aliphatic rings. The third-order valence-corrected chi connectivity index (χ3v) is 5.39. The molecule has 1 aliphatic heterocycles. The fourth-order valence-corrected chi connectivity index (χ4v) is 3.76. The third kappa shape index (κ3) is 4.45. The van der Waals surface area contributed by atoms with E-state index in [1.54, 1.807) is 6.07 Å². The van der Waals surface area contributed by atoms with Gasteiger partial charge in [-0.15, -0.1) is 0 Å². The Kier molecular flexibility index (Phi) is 6.20. The van der Waals surface area contributed by atoms with Gasteiger partial charge in [0.25, 0.3) is 0 Å². The van der Waals surface area contributed by atoms with Crippen LogP contribution in [0.1, 0.15) is 31.5 Å². The zero-order valence-electron chi connectivity index (χ0n) is 16.2. The van der Waals surface area contributed by atoms with Crippen molar-refractivity contribution in [2.24, 2.45) is 5.92 Å². The number of halogens is 2. The van der Waals surface area contributed by atoms with Crippen LogP contribution >= 0.6 is 23.2 Å². The van der Waals surface area contributed by atoms with E-state index in [4.69, 9.17) is 23.2 Å². The molecule has 2 aromatic rings. The van der Waals surface area contributed by atoms with Gasteiger partial charge in [-0.3, -0.25) is 9.36 Å². The van der Waals surface area contributed by atoms with Crippen LogP contribution in [0.5, 0.6) is 0 Å². The smallest absolute Gasteiger partial charge is 0.328 e. The summed E-state index contributed by atoms with van der Waals surface area (Å²) in [5.74, 6) is 0.924. The van der Waals surface area contributed by atoms with Gasteiger partial charge in [0.1, 0.15) is 12.4 Å². The highest BCUT2D eigenvalue weighted by Crippen LogP contribution is 2.32. The van der Waals surface area contributed by atoms with E-state index in [0.717, 1.165) is 17.6 Å². The van der Waals surface area contributed by atoms with Gasteiger partial charge in [-0.2, -0.15) is 0 Å². The van der Waals surface area contributed by atoms with E-state index in [1.165, 1.54) is 4.57 Å². The monoisotopic (exact) mass is 422 g/mol. The maximum atomic E-state index is 12.5. The van der Waals surface area contributed by atoms with E-state index < -0.39 is 0 Å². The van der Waals surface area contributed by atoms with Crippen LogP contribution in [-0.2, 0) is 11.3 Å². The average Bonchev–Trinajstić information content (AvgIpc) is 2.94. The van der Waals surface area contributed by atoms with Crippen molar-refractivity contribution in [1.29, 1.82) is 0 Å². The fourth-order valence-electron chi connectivity index (χ4n) is 3.24. The van der Waals surface area contributed by atoms with Crippen LogP contribution < -0.4 is 15.9 Å². The quantitative estimate of drug-likeness (QED) is 0.746. The Bertz CT molecular complexity index is 957. The lowest BCUT2D eigenvalue weighted by atomic mass is 10.0. The van der Waals surface area contributed by atoms with Gasteiger partial charge in [-0.05, 0) is 41.3 Å². The molecule has 8 heteroatoms. The number of nitrogens with zero attached hydrogens (tertiary/aromatic N) is 2. The van der Waals surface area contributed by atoms with Crippen molar-refractivity contribution in [3.63, 3.8) is 0 Å². The van der Waals surface area contributed by atoms with Gasteiger partial charge in [-0.1, -0.05) is 43.5 Å². The van der Waals surface area contributed by atoms with E-state index in [2.05, 4.69) is 24.1 Å². The highest BCUT2D eigenvalue weighted by atomic mass is 35.5. The number of carbonyl (C=O) groups excluding carboxylic acids is 1. The summed E-state index contributed by atoms with van der Waals surface area (Å²) in [4.78, 5) is 29.5. The standard InChI is InChI=1S/C20H24Cl2N4O2/c1-4-12(2)9-23-18(27)11-26-19-17(24-20(26)28)7-14(10-25(19)3)13-5-15(21)8-16(22)6-13/h5-8,12H,4,9-11H2,1-3H3,(H,23,27)(H,24,28). The molecular weight excluding hydrogens is 399 g/mol. The molecule has 150 valence electrons. The number of fused-ring (bicyclic) bond motifs is 1. The average molecular weight is 423 g/mol. The number of benzene rings is 1. The number of H-pyrrole nitrogens is 1. The van der Waals surface area contributed by atoms with Gasteiger partial charge in [0.15, 0.2) is 0 Å². The molecular formula is C20H24Cl2N4O2. The highest BCUT2D eigenvalue weighted by molar-refractivity contribution is 6.35. The number of nitrogens with one attached hydrogen (secondary N) is 2. The van der Waals surface area contributed by atoms with E-state index >= 15 is 0 Å². The zero-order chi connectivity index (χ0) is 20.4. The molecule has 1 atom stereocenters. The third-order valence-electron chi connectivity index (χ3n) is 4.95. The number of hydrogen-bond acceptors (Lipinski definition) is 3. The minimum atomic E-state index is -0.308. The summed E-state index contributed by atoms with van der Waals surface area (Å²) in [5, 5.41) is 4.00. The van der Waals surface area contributed by atoms with Crippen molar-refractivity contribution in [3.05, 3.63) is 50.0 Å². The van der Waals surface area contributed by atoms with Crippen molar-refractivity contribution in [2.75, 3.05) is 25.0 Å². The lowest BCUT2D eigenvalue weighted by Crippen LogP contribution is -2.35. The fraction of sp³-hybridized carbons (Fsp3) is 0.400. The van der Waals surface area contributed by atoms with Crippen molar-refractivity contribution >= 4 is 46.6 Å². The minimum absolute atomic E-state index is 0.0163. The number of hydrogen-bond donors (Lipinski definition) is 2. The first-order valence-electron chi connectivity index (χ1n) is 9.26. The number of carbonyl (C=O) groups is 1. The molecule has 0 radical (unpaired) electrons. The van der Waals surface area contributed by atoms with E-state index in [1.807, 2.05) is 30.2 Å². The summed E-state index contributed by atoms with van der Waals surface area (Å²) in [6, 6.07) is 5.37. The van der Waals surface area contributed by atoms with Gasteiger partial charge in [0.2, 0.25) is 5.91 Å². The zero-order valence-corrected chi connectivity index (χ0v) is 17.7. The lowest BCUT2D eigenvalue weighted by molar-refractivity contribution is -0.121. The number of likely N-dealkylation sites (N-methyl/N-ethyl adjacent to an activating group) is 1. The van der Waals surface area contributed by atoms with Gasteiger partial charge in [0.05, 0.1) is 5.69 Å². The number of amides is 1. The van der Waals surface area contributed by atoms with Crippen LogP contribution in [-0.4, -0.2) is 35.6 Å². The van der Waals surface area contributed by atoms with Crippen LogP contribution in [0.3, 0.4) is 0 Å². The summed E-state index contributed by atoms with van der Waals surface area (Å²) in [6.45, 7) is 5.31. The Hall–Kier alpha value is -2.18. The molecule has 0 bridgehead atoms. The second kappa shape index (κ2) is 8.45. The number of anilines is 1. The summed E-state index contributed by atoms with van der Waals surface area (Å²) < 4.78 is 1.47. The molecule has 1 aromatic carbocycles. The molecule has 0 fully saturated rings. The predicted molar refractivity (Wildman–Crippen MR) is 115 cm³/mol. The second-order valence-corrected chi connectivity index (χ2v) is 8.13. The second-order valence-electron chi connectivity index (χ2n) is 7.25. The highest BCUT2D eigenvalue weighted by Gasteiger charge is 2.24. The Morgan fingerprint density at radius 1 is 1.29 bits per heavy atom. The van der Waals surface area contributed by atoms with E-state index in [0.29, 0.717) is 40.6 Å². The van der Waals surface area contributed by atoms with Gasteiger partial charge in [-0.25, -0.2) is 4.79 Å². The van der Waals surface area contributed by atoms with Gasteiger partial charge >= 0.3 is 5.69 Å². The molecule has 1 aromatic heterocycles. The summed E-state index contributed by atoms with van der Waals surface area (Å²) >= 11 is 12.2. The van der Waals surface area contributed by atoms with Crippen molar-refractivity contribution in [1.82, 2.24) is 14.9 Å². The molecule has 28 heavy (non-hydrogen) atoms. The first-order chi connectivity index (χ1) is 13.3. The number of aromatic amines is 1. The molecule has 0 aliphatic carbocycles. The number of rotatable bonds is 6. The summed E-state index contributed by atoms with van der Waals surface area (Å²) in [6.07, 6.45) is 2.90. The van der Waals surface area contributed by atoms with Crippen molar-refractivity contribution in [3.8, 4) is 0 Å². The molecule has 1 amide bonds. The van der Waals surface area contributed by atoms with Crippen LogP contribution in [0, 0.1) is 5.92 Å². The van der Waals surface area contributed by atoms with Crippen LogP contribution in [0.25, 0.3) is 11.6 Å². The maximum absolute atomic E-state index is 12.5. The van der Waals surface area contributed by atoms with Crippen LogP contribution in [0.2, 0.25) is 10.0 Å². The molecule has 1 unspecified atom stereocenters. The van der Waals surface area contributed by atoms with E-state index in [-0.39, 0.29) is 18.1 Å². The molecule has 3 rings (SSSR count). The topological polar surface area (TPSA) is 70.1 Å². The Morgan fingerprint density at radius 2 is 1.96 bits per heavy atom. The number of aromatic nitrogens is 2. The lowest BCUT2D eigenvalue weighted by Gasteiger charge is -2.27. The largest absolute Gasteiger partial charge is 0.355 e. The minimum Gasteiger partial charge on any atom is -0.355 e. The first kappa shape index (κ1) is 20.6. The molecule has 0 saturated heterocycles. The van der Waals surface area contributed by atoms with Gasteiger partial charge in [0, 0.05) is 30.2 Å². The van der Waals surface area contributed by atoms with Crippen LogP contribution in [0.4, 0.5) is 5.82 Å². The molecule has 0 saturated carbocycles. The Balaban J connectivity index is 1.88. The number of imidazole rings is 1. The van der Waals surface area contributed by atoms with Gasteiger partial charge < -0.3 is 15.2 Å². The Labute approximate surface area is 174 Å². The molecule has 6 nitrogen and oxygen atoms in total. The van der Waals surface area contributed by atoms with Crippen molar-refractivity contribution in [2.45, 2.75) is 26.8 Å². The summed E-state index contributed by atoms with van der Waals surface area (Å²) in [5.41, 5.74) is 2.24. The predicted octanol–water partition coefficient (Wildman–Crippen LogP) is 3.64. The summed E-state index contributed by atoms with van der Waals surface area (Å²) in [7, 11) is 1.89. The molecule has 2 heterocycles. The maximum Gasteiger partial charge on any atom is 0.328 e. The normalized spacial score (nSPS) is 14.5. The SMILES string of the molecule is CCC(C)CNC(=O)Cn1c2c([nH]c1=O)C=C(c1cc(Cl)cc(Cl)c1)CN2C. The van der Waals surface area contributed by atoms with Crippen LogP contribution in [0.15, 0.2) is 23.0 Å². The molecule has 0 spiro atoms. The molecule has 2 N–H and O–H groups in total. The first-order valence-corrected chi connectivity index (χ1v) is 10.0. The van der Waals surface area contributed by atoms with E-state index in [9.17, 15) is 9.59 Å². The van der Waals surface area contributed by atoms with Crippen molar-refractivity contribution < 1.29 is 4.79 Å². The Morgan fingerprint density at radius 3 is 2.61 bits per heavy atom.